The van der Waals surface area contributed by atoms with Gasteiger partial charge in [-0.25, -0.2) is 17.7 Å². The fourth-order valence-corrected chi connectivity index (χ4v) is 3.07. The van der Waals surface area contributed by atoms with Crippen LogP contribution in [0.3, 0.4) is 0 Å². The molecule has 11 heteroatoms. The molecular formula is C13H15F3N4O3S. The number of rotatable bonds is 5. The number of hydrogen-bond donors (Lipinski definition) is 1. The van der Waals surface area contributed by atoms with Gasteiger partial charge in [0.15, 0.2) is 0 Å². The van der Waals surface area contributed by atoms with E-state index in [1.165, 1.54) is 26.2 Å². The molecule has 0 saturated heterocycles. The largest absolute Gasteiger partial charge is 0.449 e. The van der Waals surface area contributed by atoms with Gasteiger partial charge in [0, 0.05) is 27.1 Å². The van der Waals surface area contributed by atoms with Crippen LogP contribution in [-0.2, 0) is 27.5 Å². The average molecular weight is 364 g/mol. The van der Waals surface area contributed by atoms with E-state index >= 15 is 0 Å². The highest BCUT2D eigenvalue weighted by atomic mass is 32.2. The van der Waals surface area contributed by atoms with Gasteiger partial charge in [-0.1, -0.05) is 0 Å². The molecule has 0 aliphatic carbocycles. The number of imidazole rings is 1. The van der Waals surface area contributed by atoms with E-state index in [0.717, 1.165) is 14.9 Å². The molecule has 7 nitrogen and oxygen atoms in total. The van der Waals surface area contributed by atoms with Gasteiger partial charge < -0.3 is 10.3 Å². The number of carbonyl (C=O) groups excluding carboxylic acids is 1. The minimum atomic E-state index is -4.75. The summed E-state index contributed by atoms with van der Waals surface area (Å²) in [5.74, 6) is -1.96. The first-order valence-corrected chi connectivity index (χ1v) is 8.17. The monoisotopic (exact) mass is 364 g/mol. The van der Waals surface area contributed by atoms with Crippen molar-refractivity contribution in [3.8, 4) is 0 Å². The fourth-order valence-electron chi connectivity index (χ4n) is 2.15. The zero-order chi connectivity index (χ0) is 18.3. The Hall–Kier alpha value is -2.14. The second-order valence-corrected chi connectivity index (χ2v) is 7.39. The van der Waals surface area contributed by atoms with Crippen LogP contribution >= 0.6 is 0 Å². The van der Waals surface area contributed by atoms with Crippen molar-refractivity contribution in [2.24, 2.45) is 5.73 Å². The van der Waals surface area contributed by atoms with Crippen LogP contribution < -0.4 is 5.73 Å². The molecule has 0 bridgehead atoms. The predicted molar refractivity (Wildman–Crippen MR) is 79.4 cm³/mol. The number of fused-ring (bicyclic) bond motifs is 1. The van der Waals surface area contributed by atoms with Gasteiger partial charge in [0.25, 0.3) is 0 Å². The lowest BCUT2D eigenvalue weighted by atomic mass is 10.3. The normalized spacial score (nSPS) is 12.9. The summed E-state index contributed by atoms with van der Waals surface area (Å²) in [5, 5.41) is 0. The number of halogens is 3. The van der Waals surface area contributed by atoms with E-state index in [1.54, 1.807) is 0 Å². The van der Waals surface area contributed by atoms with Gasteiger partial charge in [-0.05, 0) is 18.2 Å². The molecular weight excluding hydrogens is 349 g/mol. The molecule has 0 saturated carbocycles. The number of alkyl halides is 3. The Kier molecular flexibility index (Phi) is 4.59. The predicted octanol–water partition coefficient (Wildman–Crippen LogP) is 1.18. The number of carbonyl (C=O) groups is 1. The Morgan fingerprint density at radius 3 is 2.46 bits per heavy atom. The third-order valence-electron chi connectivity index (χ3n) is 3.33. The molecule has 0 unspecified atom stereocenters. The molecule has 0 atom stereocenters. The van der Waals surface area contributed by atoms with Crippen LogP contribution in [0.4, 0.5) is 13.2 Å². The summed E-state index contributed by atoms with van der Waals surface area (Å²) >= 11 is 0. The summed E-state index contributed by atoms with van der Waals surface area (Å²) in [4.78, 5) is 14.2. The molecule has 2 rings (SSSR count). The maximum atomic E-state index is 13.1. The number of hydrogen-bond acceptors (Lipinski definition) is 4. The molecule has 0 aliphatic rings. The maximum absolute atomic E-state index is 13.1. The molecule has 1 aromatic heterocycles. The van der Waals surface area contributed by atoms with Gasteiger partial charge >= 0.3 is 6.18 Å². The van der Waals surface area contributed by atoms with Crippen LogP contribution in [0.1, 0.15) is 12.2 Å². The topological polar surface area (TPSA) is 98.3 Å². The highest BCUT2D eigenvalue weighted by Gasteiger charge is 2.37. The lowest BCUT2D eigenvalue weighted by molar-refractivity contribution is -0.147. The Balaban J connectivity index is 2.65. The van der Waals surface area contributed by atoms with E-state index in [-0.39, 0.29) is 28.9 Å². The summed E-state index contributed by atoms with van der Waals surface area (Å²) in [6.45, 7) is -0.305. The van der Waals surface area contributed by atoms with E-state index in [9.17, 15) is 26.4 Å². The Labute approximate surface area is 135 Å². The molecule has 24 heavy (non-hydrogen) atoms. The van der Waals surface area contributed by atoms with E-state index in [4.69, 9.17) is 5.73 Å². The Morgan fingerprint density at radius 2 is 1.96 bits per heavy atom. The molecule has 0 spiro atoms. The lowest BCUT2D eigenvalue weighted by Crippen LogP contribution is -2.22. The van der Waals surface area contributed by atoms with E-state index in [0.29, 0.717) is 0 Å². The number of benzene rings is 1. The Morgan fingerprint density at radius 1 is 1.33 bits per heavy atom. The van der Waals surface area contributed by atoms with Crippen molar-refractivity contribution in [1.29, 1.82) is 0 Å². The number of primary amides is 1. The number of sulfonamides is 1. The van der Waals surface area contributed by atoms with E-state index in [2.05, 4.69) is 4.98 Å². The highest BCUT2D eigenvalue weighted by Crippen LogP contribution is 2.32. The van der Waals surface area contributed by atoms with Crippen molar-refractivity contribution in [2.75, 3.05) is 14.1 Å². The number of aromatic nitrogens is 2. The second kappa shape index (κ2) is 6.06. The SMILES string of the molecule is CN(C)S(=O)(=O)c1ccc2c(c1)nc(C(F)(F)F)n2CCC(N)=O. The van der Waals surface area contributed by atoms with Gasteiger partial charge in [-0.3, -0.25) is 4.79 Å². The highest BCUT2D eigenvalue weighted by molar-refractivity contribution is 7.89. The molecule has 1 aromatic carbocycles. The van der Waals surface area contributed by atoms with Crippen molar-refractivity contribution in [2.45, 2.75) is 24.0 Å². The number of aryl methyl sites for hydroxylation is 1. The van der Waals surface area contributed by atoms with E-state index < -0.39 is 27.9 Å². The number of nitrogens with two attached hydrogens (primary N) is 1. The number of nitrogens with zero attached hydrogens (tertiary/aromatic N) is 3. The standard InChI is InChI=1S/C13H15F3N4O3S/c1-19(2)24(22,23)8-3-4-10-9(7-8)18-12(13(14,15)16)20(10)6-5-11(17)21/h3-4,7H,5-6H2,1-2H3,(H2,17,21). The van der Waals surface area contributed by atoms with E-state index in [1.807, 2.05) is 0 Å². The van der Waals surface area contributed by atoms with Gasteiger partial charge in [-0.2, -0.15) is 13.2 Å². The van der Waals surface area contributed by atoms with Crippen molar-refractivity contribution < 1.29 is 26.4 Å². The van der Waals surface area contributed by atoms with Crippen molar-refractivity contribution in [3.63, 3.8) is 0 Å². The molecule has 132 valence electrons. The van der Waals surface area contributed by atoms with Crippen molar-refractivity contribution in [3.05, 3.63) is 24.0 Å². The fraction of sp³-hybridized carbons (Fsp3) is 0.385. The van der Waals surface area contributed by atoms with Crippen molar-refractivity contribution >= 4 is 27.0 Å². The summed E-state index contributed by atoms with van der Waals surface area (Å²) in [7, 11) is -1.18. The molecule has 0 aliphatic heterocycles. The minimum absolute atomic E-state index is 0.0706. The summed E-state index contributed by atoms with van der Waals surface area (Å²) in [6, 6.07) is 3.50. The molecule has 2 N–H and O–H groups in total. The molecule has 0 radical (unpaired) electrons. The van der Waals surface area contributed by atoms with Gasteiger partial charge in [0.1, 0.15) is 0 Å². The lowest BCUT2D eigenvalue weighted by Gasteiger charge is -2.12. The van der Waals surface area contributed by atoms with Crippen LogP contribution in [0.25, 0.3) is 11.0 Å². The summed E-state index contributed by atoms with van der Waals surface area (Å²) < 4.78 is 65.4. The zero-order valence-corrected chi connectivity index (χ0v) is 13.6. The van der Waals surface area contributed by atoms with Crippen LogP contribution in [-0.4, -0.2) is 42.3 Å². The van der Waals surface area contributed by atoms with Crippen LogP contribution in [0.15, 0.2) is 23.1 Å². The Bertz CT molecular complexity index is 888. The third-order valence-corrected chi connectivity index (χ3v) is 5.14. The number of amides is 1. The van der Waals surface area contributed by atoms with Crippen LogP contribution in [0.5, 0.6) is 0 Å². The first-order valence-electron chi connectivity index (χ1n) is 6.73. The van der Waals surface area contributed by atoms with Crippen LogP contribution in [0.2, 0.25) is 0 Å². The maximum Gasteiger partial charge on any atom is 0.449 e. The minimum Gasteiger partial charge on any atom is -0.370 e. The first kappa shape index (κ1) is 18.2. The quantitative estimate of drug-likeness (QED) is 0.861. The van der Waals surface area contributed by atoms with Crippen LogP contribution in [0, 0.1) is 0 Å². The van der Waals surface area contributed by atoms with Crippen molar-refractivity contribution in [1.82, 2.24) is 13.9 Å². The summed E-state index contributed by atoms with van der Waals surface area (Å²) in [5.41, 5.74) is 4.93. The zero-order valence-electron chi connectivity index (χ0n) is 12.8. The molecule has 0 fully saturated rings. The first-order chi connectivity index (χ1) is 10.9. The summed E-state index contributed by atoms with van der Waals surface area (Å²) in [6.07, 6.45) is -5.05. The smallest absolute Gasteiger partial charge is 0.370 e. The molecule has 2 aromatic rings. The molecule has 1 heterocycles. The third kappa shape index (κ3) is 3.36. The van der Waals surface area contributed by atoms with Gasteiger partial charge in [-0.15, -0.1) is 0 Å². The second-order valence-electron chi connectivity index (χ2n) is 5.24. The average Bonchev–Trinajstić information content (AvgIpc) is 2.82. The van der Waals surface area contributed by atoms with Gasteiger partial charge in [0.05, 0.1) is 15.9 Å². The van der Waals surface area contributed by atoms with Gasteiger partial charge in [0.2, 0.25) is 21.8 Å². The molecule has 1 amide bonds.